The summed E-state index contributed by atoms with van der Waals surface area (Å²) in [6, 6.07) is 6.59. The molecule has 2 fully saturated rings. The Labute approximate surface area is 353 Å². The van der Waals surface area contributed by atoms with E-state index in [1.807, 2.05) is 0 Å². The third-order valence-corrected chi connectivity index (χ3v) is 9.18. The van der Waals surface area contributed by atoms with Crippen molar-refractivity contribution in [3.63, 3.8) is 0 Å². The van der Waals surface area contributed by atoms with Gasteiger partial charge >= 0.3 is 47.8 Å². The average Bonchev–Trinajstić information content (AvgIpc) is 3.17. The molecule has 2 saturated heterocycles. The van der Waals surface area contributed by atoms with Crippen LogP contribution in [0.25, 0.3) is 16.8 Å². The maximum Gasteiger partial charge on any atom is 0.303 e. The molecule has 0 aromatic heterocycles. The standard InChI is InChI=1S/C41H46O21/c1-18(42)51-16-30-34(53-20(3)44)36(55-22(5)46)38(57-24(7)48)40(59-30)61-32-26-11-9-10-12-27(26)33(29-15-50-14-13-28(29)32)62-41-39(58-25(8)49)37(56-23(6)47)35(54-21(4)45)31(60-41)17-52-19(2)43/h9-14,30-31,34-41H,15-17H2,1-8H3. The molecule has 3 heterocycles. The van der Waals surface area contributed by atoms with Gasteiger partial charge in [0.1, 0.15) is 43.5 Å². The van der Waals surface area contributed by atoms with Crippen LogP contribution in [-0.4, -0.2) is 122 Å². The van der Waals surface area contributed by atoms with Crippen molar-refractivity contribution < 1.29 is 99.9 Å². The molecule has 2 aromatic rings. The topological polar surface area (TPSA) is 257 Å². The molecular formula is C41H46O21. The predicted molar refractivity (Wildman–Crippen MR) is 203 cm³/mol. The fourth-order valence-electron chi connectivity index (χ4n) is 7.07. The summed E-state index contributed by atoms with van der Waals surface area (Å²) < 4.78 is 75.2. The third kappa shape index (κ3) is 11.5. The first-order chi connectivity index (χ1) is 29.3. The number of ether oxygens (including phenoxy) is 13. The summed E-state index contributed by atoms with van der Waals surface area (Å²) in [6.45, 7) is 7.62. The zero-order chi connectivity index (χ0) is 45.4. The van der Waals surface area contributed by atoms with Crippen molar-refractivity contribution in [3.8, 4) is 11.5 Å². The van der Waals surface area contributed by atoms with Crippen molar-refractivity contribution in [1.82, 2.24) is 0 Å². The quantitative estimate of drug-likeness (QED) is 0.195. The molecule has 0 bridgehead atoms. The minimum atomic E-state index is -1.64. The highest BCUT2D eigenvalue weighted by molar-refractivity contribution is 5.98. The summed E-state index contributed by atoms with van der Waals surface area (Å²) in [6.07, 6.45) is -12.2. The average molecular weight is 875 g/mol. The minimum absolute atomic E-state index is 0.0785. The van der Waals surface area contributed by atoms with Crippen LogP contribution in [0.1, 0.15) is 66.5 Å². The molecule has 10 atom stereocenters. The SMILES string of the molecule is CC(=O)OCC1OC(Oc2c3c(c(OC4OC(COC(C)=O)C(OC(C)=O)C(OC(C)=O)C4OC(C)=O)c4ccccc24)COC=C3)C(OC(C)=O)C(OC(C)=O)C1OC(C)=O. The Balaban J connectivity index is 1.66. The summed E-state index contributed by atoms with van der Waals surface area (Å²) in [5.74, 6) is -6.29. The molecule has 0 spiro atoms. The minimum Gasteiger partial charge on any atom is -0.496 e. The Morgan fingerprint density at radius 1 is 0.500 bits per heavy atom. The van der Waals surface area contributed by atoms with E-state index in [9.17, 15) is 38.4 Å². The largest absolute Gasteiger partial charge is 0.496 e. The van der Waals surface area contributed by atoms with Crippen LogP contribution in [0.3, 0.4) is 0 Å². The molecule has 3 aliphatic heterocycles. The highest BCUT2D eigenvalue weighted by Gasteiger charge is 2.55. The molecule has 0 amide bonds. The second-order valence-electron chi connectivity index (χ2n) is 14.1. The summed E-state index contributed by atoms with van der Waals surface area (Å²) in [7, 11) is 0. The number of fused-ring (bicyclic) bond motifs is 2. The van der Waals surface area contributed by atoms with E-state index in [-0.39, 0.29) is 18.1 Å². The van der Waals surface area contributed by atoms with Crippen LogP contribution >= 0.6 is 0 Å². The summed E-state index contributed by atoms with van der Waals surface area (Å²) >= 11 is 0. The van der Waals surface area contributed by atoms with Gasteiger partial charge in [0.05, 0.1) is 6.26 Å². The maximum absolute atomic E-state index is 12.6. The monoisotopic (exact) mass is 874 g/mol. The number of benzene rings is 2. The third-order valence-electron chi connectivity index (χ3n) is 9.18. The van der Waals surface area contributed by atoms with E-state index in [1.54, 1.807) is 24.3 Å². The lowest BCUT2D eigenvalue weighted by atomic mass is 9.95. The number of carbonyl (C=O) groups is 8. The van der Waals surface area contributed by atoms with Crippen LogP contribution in [0.15, 0.2) is 30.5 Å². The summed E-state index contributed by atoms with van der Waals surface area (Å²) in [5.41, 5.74) is 0.614. The van der Waals surface area contributed by atoms with Gasteiger partial charge in [-0.1, -0.05) is 24.3 Å². The van der Waals surface area contributed by atoms with E-state index in [0.29, 0.717) is 21.9 Å². The molecule has 0 aliphatic carbocycles. The number of esters is 8. The smallest absolute Gasteiger partial charge is 0.303 e. The molecule has 336 valence electrons. The number of hydrogen-bond donors (Lipinski definition) is 0. The number of rotatable bonds is 14. The van der Waals surface area contributed by atoms with E-state index in [1.165, 1.54) is 12.3 Å². The second kappa shape index (κ2) is 20.4. The van der Waals surface area contributed by atoms with E-state index in [2.05, 4.69) is 0 Å². The van der Waals surface area contributed by atoms with E-state index in [4.69, 9.17) is 61.6 Å². The van der Waals surface area contributed by atoms with Crippen molar-refractivity contribution in [1.29, 1.82) is 0 Å². The molecule has 62 heavy (non-hydrogen) atoms. The highest BCUT2D eigenvalue weighted by atomic mass is 16.7. The van der Waals surface area contributed by atoms with Gasteiger partial charge in [-0.2, -0.15) is 0 Å². The van der Waals surface area contributed by atoms with Crippen LogP contribution in [0.5, 0.6) is 11.5 Å². The molecule has 2 aromatic carbocycles. The first-order valence-electron chi connectivity index (χ1n) is 19.1. The van der Waals surface area contributed by atoms with Gasteiger partial charge in [-0.05, 0) is 6.08 Å². The van der Waals surface area contributed by atoms with Gasteiger partial charge < -0.3 is 61.6 Å². The van der Waals surface area contributed by atoms with Crippen molar-refractivity contribution in [2.75, 3.05) is 13.2 Å². The van der Waals surface area contributed by atoms with E-state index < -0.39 is 122 Å². The van der Waals surface area contributed by atoms with Crippen LogP contribution in [0.2, 0.25) is 0 Å². The fraction of sp³-hybridized carbons (Fsp3) is 0.512. The predicted octanol–water partition coefficient (Wildman–Crippen LogP) is 2.26. The first kappa shape index (κ1) is 46.6. The number of carbonyl (C=O) groups excluding carboxylic acids is 8. The van der Waals surface area contributed by atoms with Crippen molar-refractivity contribution in [2.24, 2.45) is 0 Å². The van der Waals surface area contributed by atoms with Crippen LogP contribution in [0.4, 0.5) is 0 Å². The molecule has 5 rings (SSSR count). The highest BCUT2D eigenvalue weighted by Crippen LogP contribution is 2.46. The Hall–Kier alpha value is -6.48. The normalized spacial score (nSPS) is 26.3. The maximum atomic E-state index is 12.6. The zero-order valence-electron chi connectivity index (χ0n) is 34.9. The Kier molecular flexibility index (Phi) is 15.3. The van der Waals surface area contributed by atoms with Gasteiger partial charge in [-0.25, -0.2) is 0 Å². The summed E-state index contributed by atoms with van der Waals surface area (Å²) in [4.78, 5) is 98.5. The van der Waals surface area contributed by atoms with Crippen LogP contribution in [0, 0.1) is 0 Å². The lowest BCUT2D eigenvalue weighted by molar-refractivity contribution is -0.288. The van der Waals surface area contributed by atoms with Gasteiger partial charge in [-0.3, -0.25) is 38.4 Å². The van der Waals surface area contributed by atoms with E-state index in [0.717, 1.165) is 55.4 Å². The Bertz CT molecular complexity index is 2090. The summed E-state index contributed by atoms with van der Waals surface area (Å²) in [5, 5.41) is 0.643. The van der Waals surface area contributed by atoms with Gasteiger partial charge in [0.15, 0.2) is 24.4 Å². The molecule has 0 saturated carbocycles. The van der Waals surface area contributed by atoms with Crippen molar-refractivity contribution in [3.05, 3.63) is 41.7 Å². The lowest BCUT2D eigenvalue weighted by Gasteiger charge is -2.44. The van der Waals surface area contributed by atoms with Crippen LogP contribution < -0.4 is 9.47 Å². The molecule has 21 heteroatoms. The van der Waals surface area contributed by atoms with Gasteiger partial charge in [0.2, 0.25) is 24.8 Å². The second-order valence-corrected chi connectivity index (χ2v) is 14.1. The number of hydrogen-bond acceptors (Lipinski definition) is 21. The van der Waals surface area contributed by atoms with E-state index >= 15 is 0 Å². The lowest BCUT2D eigenvalue weighted by Crippen LogP contribution is -2.63. The first-order valence-corrected chi connectivity index (χ1v) is 19.1. The molecule has 3 aliphatic rings. The molecule has 10 unspecified atom stereocenters. The fourth-order valence-corrected chi connectivity index (χ4v) is 7.07. The molecule has 21 nitrogen and oxygen atoms in total. The van der Waals surface area contributed by atoms with Gasteiger partial charge in [0, 0.05) is 77.3 Å². The Morgan fingerprint density at radius 3 is 1.27 bits per heavy atom. The molecular weight excluding hydrogens is 828 g/mol. The Morgan fingerprint density at radius 2 is 0.871 bits per heavy atom. The van der Waals surface area contributed by atoms with Crippen molar-refractivity contribution >= 4 is 64.6 Å². The van der Waals surface area contributed by atoms with Gasteiger partial charge in [-0.15, -0.1) is 0 Å². The van der Waals surface area contributed by atoms with Crippen LogP contribution in [-0.2, 0) is 97.1 Å². The molecule has 0 radical (unpaired) electrons. The van der Waals surface area contributed by atoms with Gasteiger partial charge in [0.25, 0.3) is 0 Å². The molecule has 0 N–H and O–H groups in total. The zero-order valence-corrected chi connectivity index (χ0v) is 34.9. The van der Waals surface area contributed by atoms with Crippen molar-refractivity contribution in [2.45, 2.75) is 123 Å².